The van der Waals surface area contributed by atoms with E-state index in [1.807, 2.05) is 26.0 Å². The third-order valence-corrected chi connectivity index (χ3v) is 2.15. The van der Waals surface area contributed by atoms with Gasteiger partial charge in [0, 0.05) is 19.2 Å². The topological polar surface area (TPSA) is 29.5 Å². The first-order valence-electron chi connectivity index (χ1n) is 5.15. The lowest BCUT2D eigenvalue weighted by Crippen LogP contribution is -2.34. The number of amides is 1. The van der Waals surface area contributed by atoms with Gasteiger partial charge in [-0.15, -0.1) is 0 Å². The van der Waals surface area contributed by atoms with Crippen molar-refractivity contribution < 1.29 is 9.53 Å². The Hall–Kier alpha value is -1.51. The third-order valence-electron chi connectivity index (χ3n) is 2.15. The minimum Gasteiger partial charge on any atom is -0.483 e. The van der Waals surface area contributed by atoms with Crippen molar-refractivity contribution in [1.29, 1.82) is 0 Å². The summed E-state index contributed by atoms with van der Waals surface area (Å²) in [5.41, 5.74) is 0. The van der Waals surface area contributed by atoms with Gasteiger partial charge in [-0.3, -0.25) is 4.79 Å². The molecular formula is C12H16NO2. The molecule has 0 unspecified atom stereocenters. The molecule has 1 rings (SSSR count). The highest BCUT2D eigenvalue weighted by molar-refractivity contribution is 5.77. The summed E-state index contributed by atoms with van der Waals surface area (Å²) in [7, 11) is 0. The van der Waals surface area contributed by atoms with Gasteiger partial charge in [-0.05, 0) is 19.9 Å². The normalized spacial score (nSPS) is 9.73. The van der Waals surface area contributed by atoms with Crippen LogP contribution in [0.25, 0.3) is 0 Å². The van der Waals surface area contributed by atoms with E-state index in [4.69, 9.17) is 4.74 Å². The summed E-state index contributed by atoms with van der Waals surface area (Å²) >= 11 is 0. The van der Waals surface area contributed by atoms with Gasteiger partial charge in [0.25, 0.3) is 5.91 Å². The maximum atomic E-state index is 11.6. The highest BCUT2D eigenvalue weighted by Gasteiger charge is 2.09. The average Bonchev–Trinajstić information content (AvgIpc) is 2.29. The number of para-hydroxylation sites is 1. The predicted molar refractivity (Wildman–Crippen MR) is 58.7 cm³/mol. The van der Waals surface area contributed by atoms with Crippen molar-refractivity contribution in [3.05, 3.63) is 30.3 Å². The van der Waals surface area contributed by atoms with Crippen LogP contribution >= 0.6 is 0 Å². The summed E-state index contributed by atoms with van der Waals surface area (Å²) < 4.78 is 5.31. The summed E-state index contributed by atoms with van der Waals surface area (Å²) in [6.07, 6.45) is 0. The summed E-state index contributed by atoms with van der Waals surface area (Å²) in [5.74, 6) is 0.621. The molecule has 0 heterocycles. The van der Waals surface area contributed by atoms with Crippen molar-refractivity contribution >= 4 is 5.91 Å². The number of benzene rings is 1. The van der Waals surface area contributed by atoms with Crippen molar-refractivity contribution in [3.8, 4) is 5.75 Å². The Morgan fingerprint density at radius 1 is 1.40 bits per heavy atom. The van der Waals surface area contributed by atoms with E-state index < -0.39 is 0 Å². The van der Waals surface area contributed by atoms with E-state index in [0.717, 1.165) is 13.1 Å². The van der Waals surface area contributed by atoms with Crippen LogP contribution in [0.1, 0.15) is 13.8 Å². The van der Waals surface area contributed by atoms with Crippen LogP contribution in [0, 0.1) is 6.07 Å². The zero-order valence-corrected chi connectivity index (χ0v) is 9.19. The third kappa shape index (κ3) is 3.62. The monoisotopic (exact) mass is 206 g/mol. The van der Waals surface area contributed by atoms with Gasteiger partial charge in [-0.25, -0.2) is 0 Å². The van der Waals surface area contributed by atoms with Gasteiger partial charge in [-0.2, -0.15) is 0 Å². The highest BCUT2D eigenvalue weighted by Crippen LogP contribution is 2.07. The van der Waals surface area contributed by atoms with Crippen molar-refractivity contribution in [2.45, 2.75) is 13.8 Å². The second kappa shape index (κ2) is 6.06. The van der Waals surface area contributed by atoms with E-state index >= 15 is 0 Å². The zero-order valence-electron chi connectivity index (χ0n) is 9.19. The standard InChI is InChI=1S/C12H16NO2/c1-3-13(4-2)12(14)10-15-11-8-6-5-7-9-11/h5-8H,3-4,10H2,1-2H3. The number of hydrogen-bond acceptors (Lipinski definition) is 2. The fraction of sp³-hybridized carbons (Fsp3) is 0.417. The first kappa shape index (κ1) is 11.6. The number of likely N-dealkylation sites (N-methyl/N-ethyl adjacent to an activating group) is 1. The van der Waals surface area contributed by atoms with Crippen molar-refractivity contribution in [2.75, 3.05) is 19.7 Å². The van der Waals surface area contributed by atoms with Gasteiger partial charge in [0.2, 0.25) is 0 Å². The SMILES string of the molecule is CCN(CC)C(=O)COc1[c]cccc1. The van der Waals surface area contributed by atoms with Crippen LogP contribution in [0.3, 0.4) is 0 Å². The maximum Gasteiger partial charge on any atom is 0.260 e. The molecule has 3 heteroatoms. The lowest BCUT2D eigenvalue weighted by Gasteiger charge is -2.18. The molecule has 15 heavy (non-hydrogen) atoms. The lowest BCUT2D eigenvalue weighted by molar-refractivity contribution is -0.132. The van der Waals surface area contributed by atoms with Crippen LogP contribution in [0.2, 0.25) is 0 Å². The fourth-order valence-corrected chi connectivity index (χ4v) is 1.27. The van der Waals surface area contributed by atoms with Crippen LogP contribution < -0.4 is 4.74 Å². The largest absolute Gasteiger partial charge is 0.483 e. The molecule has 0 bridgehead atoms. The zero-order chi connectivity index (χ0) is 11.1. The first-order chi connectivity index (χ1) is 7.27. The van der Waals surface area contributed by atoms with Gasteiger partial charge >= 0.3 is 0 Å². The molecule has 0 spiro atoms. The van der Waals surface area contributed by atoms with E-state index in [1.165, 1.54) is 0 Å². The van der Waals surface area contributed by atoms with E-state index in [-0.39, 0.29) is 12.5 Å². The molecule has 1 aromatic rings. The molecule has 0 aliphatic carbocycles. The van der Waals surface area contributed by atoms with E-state index in [9.17, 15) is 4.79 Å². The van der Waals surface area contributed by atoms with Crippen molar-refractivity contribution in [1.82, 2.24) is 4.90 Å². The molecule has 0 saturated heterocycles. The van der Waals surface area contributed by atoms with Crippen LogP contribution in [-0.4, -0.2) is 30.5 Å². The van der Waals surface area contributed by atoms with E-state index in [1.54, 1.807) is 17.0 Å². The second-order valence-electron chi connectivity index (χ2n) is 3.08. The molecule has 0 fully saturated rings. The maximum absolute atomic E-state index is 11.6. The van der Waals surface area contributed by atoms with E-state index in [2.05, 4.69) is 6.07 Å². The van der Waals surface area contributed by atoms with Gasteiger partial charge in [-0.1, -0.05) is 18.2 Å². The molecule has 0 N–H and O–H groups in total. The van der Waals surface area contributed by atoms with Gasteiger partial charge in [0.15, 0.2) is 6.61 Å². The van der Waals surface area contributed by atoms with Gasteiger partial charge in [0.05, 0.1) is 0 Å². The molecule has 0 aliphatic rings. The number of ether oxygens (including phenoxy) is 1. The molecule has 3 nitrogen and oxygen atoms in total. The predicted octanol–water partition coefficient (Wildman–Crippen LogP) is 1.73. The number of hydrogen-bond donors (Lipinski definition) is 0. The Labute approximate surface area is 90.7 Å². The highest BCUT2D eigenvalue weighted by atomic mass is 16.5. The first-order valence-corrected chi connectivity index (χ1v) is 5.15. The molecule has 0 aliphatic heterocycles. The fourth-order valence-electron chi connectivity index (χ4n) is 1.27. The summed E-state index contributed by atoms with van der Waals surface area (Å²) in [6, 6.07) is 10.2. The second-order valence-corrected chi connectivity index (χ2v) is 3.08. The van der Waals surface area contributed by atoms with Gasteiger partial charge < -0.3 is 9.64 Å². The smallest absolute Gasteiger partial charge is 0.260 e. The molecule has 0 saturated carbocycles. The Balaban J connectivity index is 2.40. The molecule has 0 atom stereocenters. The number of carbonyl (C=O) groups excluding carboxylic acids is 1. The number of carbonyl (C=O) groups is 1. The Bertz CT molecular complexity index is 294. The van der Waals surface area contributed by atoms with Crippen LogP contribution in [-0.2, 0) is 4.79 Å². The molecule has 1 amide bonds. The molecular weight excluding hydrogens is 190 g/mol. The molecule has 1 radical (unpaired) electrons. The Morgan fingerprint density at radius 2 is 2.13 bits per heavy atom. The van der Waals surface area contributed by atoms with Crippen molar-refractivity contribution in [3.63, 3.8) is 0 Å². The summed E-state index contributed by atoms with van der Waals surface area (Å²) in [6.45, 7) is 5.43. The van der Waals surface area contributed by atoms with Crippen LogP contribution in [0.5, 0.6) is 5.75 Å². The van der Waals surface area contributed by atoms with Crippen LogP contribution in [0.4, 0.5) is 0 Å². The van der Waals surface area contributed by atoms with Gasteiger partial charge in [0.1, 0.15) is 5.75 Å². The molecule has 1 aromatic carbocycles. The molecule has 0 aromatic heterocycles. The number of nitrogens with zero attached hydrogens (tertiary/aromatic N) is 1. The van der Waals surface area contributed by atoms with Crippen LogP contribution in [0.15, 0.2) is 24.3 Å². The minimum atomic E-state index is 0.0113. The lowest BCUT2D eigenvalue weighted by atomic mass is 10.3. The summed E-state index contributed by atoms with van der Waals surface area (Å²) in [4.78, 5) is 13.3. The number of rotatable bonds is 5. The Kier molecular flexibility index (Phi) is 4.68. The molecule has 81 valence electrons. The quantitative estimate of drug-likeness (QED) is 0.734. The minimum absolute atomic E-state index is 0.0113. The Morgan fingerprint density at radius 3 is 2.67 bits per heavy atom. The average molecular weight is 206 g/mol. The summed E-state index contributed by atoms with van der Waals surface area (Å²) in [5, 5.41) is 0. The van der Waals surface area contributed by atoms with Crippen molar-refractivity contribution in [2.24, 2.45) is 0 Å². The van der Waals surface area contributed by atoms with E-state index in [0.29, 0.717) is 5.75 Å².